The molecule has 1 aromatic heterocycles. The lowest BCUT2D eigenvalue weighted by Crippen LogP contribution is -2.18. The van der Waals surface area contributed by atoms with E-state index in [4.69, 9.17) is 5.73 Å². The summed E-state index contributed by atoms with van der Waals surface area (Å²) in [5, 5.41) is 0. The first-order chi connectivity index (χ1) is 9.24. The molecule has 0 saturated heterocycles. The molecule has 1 aliphatic rings. The number of rotatable bonds is 7. The smallest absolute Gasteiger partial charge is 0.0313 e. The second-order valence-corrected chi connectivity index (χ2v) is 6.11. The molecule has 2 heteroatoms. The predicted molar refractivity (Wildman–Crippen MR) is 82.4 cm³/mol. The molecule has 0 spiro atoms. The maximum atomic E-state index is 6.22. The summed E-state index contributed by atoms with van der Waals surface area (Å²) in [6.45, 7) is 5.71. The Hall–Kier alpha value is -0.760. The summed E-state index contributed by atoms with van der Waals surface area (Å²) in [6, 6.07) is 2.62. The van der Waals surface area contributed by atoms with Gasteiger partial charge in [0.25, 0.3) is 0 Å². The molecule has 0 saturated carbocycles. The van der Waals surface area contributed by atoms with E-state index in [1.165, 1.54) is 74.9 Å². The van der Waals surface area contributed by atoms with Crippen molar-refractivity contribution in [2.75, 3.05) is 0 Å². The van der Waals surface area contributed by atoms with E-state index in [9.17, 15) is 0 Å². The summed E-state index contributed by atoms with van der Waals surface area (Å²) in [6.07, 6.45) is 11.9. The summed E-state index contributed by atoms with van der Waals surface area (Å²) >= 11 is 0. The molecule has 2 rings (SSSR count). The lowest BCUT2D eigenvalue weighted by molar-refractivity contribution is 0.511. The van der Waals surface area contributed by atoms with Gasteiger partial charge in [0, 0.05) is 24.0 Å². The van der Waals surface area contributed by atoms with Crippen molar-refractivity contribution < 1.29 is 0 Å². The fourth-order valence-corrected chi connectivity index (χ4v) is 3.36. The molecule has 1 aromatic rings. The molecule has 0 aliphatic heterocycles. The van der Waals surface area contributed by atoms with Crippen molar-refractivity contribution in [2.45, 2.75) is 84.2 Å². The lowest BCUT2D eigenvalue weighted by atomic mass is 9.93. The SMILES string of the molecule is CCCCCCCCn1c(C)cc2c1CCCC2N. The van der Waals surface area contributed by atoms with Crippen LogP contribution in [-0.4, -0.2) is 4.57 Å². The highest BCUT2D eigenvalue weighted by Gasteiger charge is 2.21. The Morgan fingerprint density at radius 2 is 1.95 bits per heavy atom. The highest BCUT2D eigenvalue weighted by atomic mass is 15.0. The average molecular weight is 262 g/mol. The van der Waals surface area contributed by atoms with Gasteiger partial charge in [-0.25, -0.2) is 0 Å². The largest absolute Gasteiger partial charge is 0.349 e. The van der Waals surface area contributed by atoms with Crippen molar-refractivity contribution in [3.05, 3.63) is 23.0 Å². The fourth-order valence-electron chi connectivity index (χ4n) is 3.36. The van der Waals surface area contributed by atoms with E-state index in [1.54, 1.807) is 0 Å². The van der Waals surface area contributed by atoms with Gasteiger partial charge >= 0.3 is 0 Å². The average Bonchev–Trinajstić information content (AvgIpc) is 2.72. The molecule has 0 amide bonds. The molecular formula is C17H30N2. The highest BCUT2D eigenvalue weighted by molar-refractivity contribution is 5.32. The molecule has 0 fully saturated rings. The number of nitrogens with two attached hydrogens (primary N) is 1. The van der Waals surface area contributed by atoms with Crippen molar-refractivity contribution in [2.24, 2.45) is 5.73 Å². The Morgan fingerprint density at radius 3 is 2.74 bits per heavy atom. The van der Waals surface area contributed by atoms with Gasteiger partial charge in [0.2, 0.25) is 0 Å². The number of unbranched alkanes of at least 4 members (excludes halogenated alkanes) is 5. The summed E-state index contributed by atoms with van der Waals surface area (Å²) < 4.78 is 2.54. The second kappa shape index (κ2) is 7.14. The molecule has 1 atom stereocenters. The Bertz CT molecular complexity index is 392. The van der Waals surface area contributed by atoms with Gasteiger partial charge < -0.3 is 10.3 Å². The Labute approximate surface area is 118 Å². The quantitative estimate of drug-likeness (QED) is 0.721. The molecule has 2 nitrogen and oxygen atoms in total. The van der Waals surface area contributed by atoms with E-state index in [-0.39, 0.29) is 6.04 Å². The van der Waals surface area contributed by atoms with Crippen LogP contribution in [0.25, 0.3) is 0 Å². The minimum absolute atomic E-state index is 0.285. The van der Waals surface area contributed by atoms with Gasteiger partial charge in [-0.2, -0.15) is 0 Å². The number of nitrogens with zero attached hydrogens (tertiary/aromatic N) is 1. The van der Waals surface area contributed by atoms with Gasteiger partial charge in [-0.05, 0) is 44.2 Å². The predicted octanol–water partition coefficient (Wildman–Crippen LogP) is 4.49. The third-order valence-corrected chi connectivity index (χ3v) is 4.51. The van der Waals surface area contributed by atoms with Gasteiger partial charge in [-0.1, -0.05) is 39.0 Å². The zero-order chi connectivity index (χ0) is 13.7. The van der Waals surface area contributed by atoms with Crippen LogP contribution in [0, 0.1) is 6.92 Å². The second-order valence-electron chi connectivity index (χ2n) is 6.11. The normalized spacial score (nSPS) is 18.6. The summed E-state index contributed by atoms with van der Waals surface area (Å²) in [4.78, 5) is 0. The monoisotopic (exact) mass is 262 g/mol. The van der Waals surface area contributed by atoms with Crippen LogP contribution in [-0.2, 0) is 13.0 Å². The molecule has 1 heterocycles. The Balaban J connectivity index is 1.86. The van der Waals surface area contributed by atoms with E-state index < -0.39 is 0 Å². The number of fused-ring (bicyclic) bond motifs is 1. The van der Waals surface area contributed by atoms with Crippen LogP contribution in [0.4, 0.5) is 0 Å². The van der Waals surface area contributed by atoms with Crippen molar-refractivity contribution in [3.63, 3.8) is 0 Å². The summed E-state index contributed by atoms with van der Waals surface area (Å²) in [7, 11) is 0. The van der Waals surface area contributed by atoms with E-state index in [1.807, 2.05) is 0 Å². The molecular weight excluding hydrogens is 232 g/mol. The molecule has 0 bridgehead atoms. The standard InChI is InChI=1S/C17H30N2/c1-3-4-5-6-7-8-12-19-14(2)13-15-16(18)10-9-11-17(15)19/h13,16H,3-12,18H2,1-2H3. The molecule has 1 aliphatic carbocycles. The number of hydrogen-bond acceptors (Lipinski definition) is 1. The van der Waals surface area contributed by atoms with Crippen LogP contribution in [0.1, 0.15) is 81.3 Å². The zero-order valence-corrected chi connectivity index (χ0v) is 12.8. The maximum Gasteiger partial charge on any atom is 0.0313 e. The molecule has 2 N–H and O–H groups in total. The fraction of sp³-hybridized carbons (Fsp3) is 0.765. The van der Waals surface area contributed by atoms with Gasteiger partial charge in [0.1, 0.15) is 0 Å². The van der Waals surface area contributed by atoms with Gasteiger partial charge in [-0.15, -0.1) is 0 Å². The van der Waals surface area contributed by atoms with E-state index >= 15 is 0 Å². The van der Waals surface area contributed by atoms with Crippen molar-refractivity contribution in [1.82, 2.24) is 4.57 Å². The highest BCUT2D eigenvalue weighted by Crippen LogP contribution is 2.31. The minimum atomic E-state index is 0.285. The first-order valence-electron chi connectivity index (χ1n) is 8.18. The van der Waals surface area contributed by atoms with Gasteiger partial charge in [0.15, 0.2) is 0 Å². The van der Waals surface area contributed by atoms with Crippen molar-refractivity contribution in [1.29, 1.82) is 0 Å². The van der Waals surface area contributed by atoms with Crippen LogP contribution < -0.4 is 5.73 Å². The van der Waals surface area contributed by atoms with Gasteiger partial charge in [-0.3, -0.25) is 0 Å². The molecule has 0 radical (unpaired) electrons. The first-order valence-corrected chi connectivity index (χ1v) is 8.18. The van der Waals surface area contributed by atoms with Crippen LogP contribution >= 0.6 is 0 Å². The Morgan fingerprint density at radius 1 is 1.21 bits per heavy atom. The zero-order valence-electron chi connectivity index (χ0n) is 12.8. The number of aryl methyl sites for hydroxylation is 1. The number of aromatic nitrogens is 1. The van der Waals surface area contributed by atoms with E-state index in [2.05, 4.69) is 24.5 Å². The lowest BCUT2D eigenvalue weighted by Gasteiger charge is -2.21. The van der Waals surface area contributed by atoms with Crippen LogP contribution in [0.2, 0.25) is 0 Å². The summed E-state index contributed by atoms with van der Waals surface area (Å²) in [5.74, 6) is 0. The third-order valence-electron chi connectivity index (χ3n) is 4.51. The van der Waals surface area contributed by atoms with Crippen molar-refractivity contribution >= 4 is 0 Å². The van der Waals surface area contributed by atoms with Gasteiger partial charge in [0.05, 0.1) is 0 Å². The molecule has 19 heavy (non-hydrogen) atoms. The van der Waals surface area contributed by atoms with E-state index in [0.717, 1.165) is 6.42 Å². The van der Waals surface area contributed by atoms with Crippen molar-refractivity contribution in [3.8, 4) is 0 Å². The number of hydrogen-bond donors (Lipinski definition) is 1. The topological polar surface area (TPSA) is 30.9 Å². The third kappa shape index (κ3) is 3.62. The van der Waals surface area contributed by atoms with Crippen LogP contribution in [0.15, 0.2) is 6.07 Å². The first kappa shape index (κ1) is 14.6. The summed E-state index contributed by atoms with van der Waals surface area (Å²) in [5.41, 5.74) is 10.6. The minimum Gasteiger partial charge on any atom is -0.349 e. The van der Waals surface area contributed by atoms with Crippen LogP contribution in [0.3, 0.4) is 0 Å². The Kier molecular flexibility index (Phi) is 5.50. The van der Waals surface area contributed by atoms with Crippen LogP contribution in [0.5, 0.6) is 0 Å². The molecule has 1 unspecified atom stereocenters. The maximum absolute atomic E-state index is 6.22. The molecule has 0 aromatic carbocycles. The van der Waals surface area contributed by atoms with E-state index in [0.29, 0.717) is 0 Å². The molecule has 108 valence electrons.